The van der Waals surface area contributed by atoms with Crippen LogP contribution in [0.15, 0.2) is 42.5 Å². The lowest BCUT2D eigenvalue weighted by molar-refractivity contribution is -0.137. The molecule has 0 saturated heterocycles. The number of hydrogen-bond acceptors (Lipinski definition) is 6. The second-order valence-electron chi connectivity index (χ2n) is 7.86. The van der Waals surface area contributed by atoms with Crippen LogP contribution in [0, 0.1) is 0 Å². The number of nitrogens with one attached hydrogen (secondary N) is 2. The van der Waals surface area contributed by atoms with Crippen LogP contribution in [0.2, 0.25) is 0 Å². The SMILES string of the molecule is COCc1nc(NC[C@H](N)Cc2ccc(C(F)(F)F)cc2)sc1-c1ccc2c(c1)CC(=O)N2. The lowest BCUT2D eigenvalue weighted by Crippen LogP contribution is -2.31. The smallest absolute Gasteiger partial charge is 0.378 e. The highest BCUT2D eigenvalue weighted by atomic mass is 32.1. The summed E-state index contributed by atoms with van der Waals surface area (Å²) in [6.07, 6.45) is -3.57. The van der Waals surface area contributed by atoms with Gasteiger partial charge in [-0.25, -0.2) is 4.98 Å². The number of aromatic nitrogens is 1. The number of carbonyl (C=O) groups excluding carboxylic acids is 1. The largest absolute Gasteiger partial charge is 0.416 e. The Labute approximate surface area is 193 Å². The Morgan fingerprint density at radius 1 is 1.24 bits per heavy atom. The first-order chi connectivity index (χ1) is 15.7. The van der Waals surface area contributed by atoms with Gasteiger partial charge in [0.15, 0.2) is 5.13 Å². The summed E-state index contributed by atoms with van der Waals surface area (Å²) >= 11 is 1.46. The van der Waals surface area contributed by atoms with Crippen LogP contribution >= 0.6 is 11.3 Å². The number of fused-ring (bicyclic) bond motifs is 1. The summed E-state index contributed by atoms with van der Waals surface area (Å²) in [7, 11) is 1.60. The van der Waals surface area contributed by atoms with Crippen molar-refractivity contribution >= 4 is 28.1 Å². The summed E-state index contributed by atoms with van der Waals surface area (Å²) in [5, 5.41) is 6.73. The van der Waals surface area contributed by atoms with Crippen molar-refractivity contribution in [1.29, 1.82) is 0 Å². The van der Waals surface area contributed by atoms with Crippen molar-refractivity contribution in [2.75, 3.05) is 24.3 Å². The van der Waals surface area contributed by atoms with Crippen molar-refractivity contribution in [1.82, 2.24) is 4.98 Å². The van der Waals surface area contributed by atoms with Crippen molar-refractivity contribution in [3.8, 4) is 10.4 Å². The fraction of sp³-hybridized carbons (Fsp3) is 0.304. The number of nitrogens with two attached hydrogens (primary N) is 1. The van der Waals surface area contributed by atoms with E-state index in [1.54, 1.807) is 7.11 Å². The molecule has 4 rings (SSSR count). The van der Waals surface area contributed by atoms with E-state index < -0.39 is 11.7 Å². The minimum absolute atomic E-state index is 0.0204. The van der Waals surface area contributed by atoms with E-state index in [1.165, 1.54) is 23.5 Å². The maximum atomic E-state index is 12.7. The molecule has 3 aromatic rings. The fourth-order valence-electron chi connectivity index (χ4n) is 3.68. The van der Waals surface area contributed by atoms with Gasteiger partial charge in [-0.05, 0) is 47.4 Å². The number of anilines is 2. The fourth-order valence-corrected chi connectivity index (χ4v) is 4.65. The van der Waals surface area contributed by atoms with E-state index in [2.05, 4.69) is 15.6 Å². The summed E-state index contributed by atoms with van der Waals surface area (Å²) in [5.41, 5.74) is 9.76. The normalized spacial score (nSPS) is 14.2. The minimum atomic E-state index is -4.35. The zero-order valence-electron chi connectivity index (χ0n) is 17.8. The average Bonchev–Trinajstić information content (AvgIpc) is 3.34. The number of thiazole rings is 1. The molecule has 1 aliphatic rings. The molecule has 0 radical (unpaired) electrons. The number of hydrogen-bond donors (Lipinski definition) is 3. The van der Waals surface area contributed by atoms with Crippen LogP contribution in [0.25, 0.3) is 10.4 Å². The molecule has 33 heavy (non-hydrogen) atoms. The van der Waals surface area contributed by atoms with Crippen LogP contribution in [-0.2, 0) is 35.2 Å². The quantitative estimate of drug-likeness (QED) is 0.447. The molecule has 174 valence electrons. The molecule has 6 nitrogen and oxygen atoms in total. The topological polar surface area (TPSA) is 89.3 Å². The third kappa shape index (κ3) is 5.52. The van der Waals surface area contributed by atoms with Gasteiger partial charge in [0.25, 0.3) is 0 Å². The Kier molecular flexibility index (Phi) is 6.68. The van der Waals surface area contributed by atoms with Crippen molar-refractivity contribution < 1.29 is 22.7 Å². The minimum Gasteiger partial charge on any atom is -0.378 e. The van der Waals surface area contributed by atoms with Crippen LogP contribution in [0.5, 0.6) is 0 Å². The van der Waals surface area contributed by atoms with Crippen LogP contribution < -0.4 is 16.4 Å². The highest BCUT2D eigenvalue weighted by Crippen LogP contribution is 2.36. The average molecular weight is 477 g/mol. The van der Waals surface area contributed by atoms with E-state index in [-0.39, 0.29) is 11.9 Å². The summed E-state index contributed by atoms with van der Waals surface area (Å²) in [5.74, 6) is -0.0204. The van der Waals surface area contributed by atoms with Gasteiger partial charge in [-0.2, -0.15) is 13.2 Å². The van der Waals surface area contributed by atoms with Gasteiger partial charge in [0.1, 0.15) is 0 Å². The number of rotatable bonds is 8. The van der Waals surface area contributed by atoms with Crippen molar-refractivity contribution in [2.24, 2.45) is 5.73 Å². The van der Waals surface area contributed by atoms with Gasteiger partial charge in [-0.3, -0.25) is 4.79 Å². The number of halogens is 3. The Hall–Kier alpha value is -2.95. The number of amides is 1. The van der Waals surface area contributed by atoms with Crippen molar-refractivity contribution in [3.63, 3.8) is 0 Å². The summed E-state index contributed by atoms with van der Waals surface area (Å²) < 4.78 is 43.4. The zero-order chi connectivity index (χ0) is 23.6. The molecule has 0 fully saturated rings. The first-order valence-electron chi connectivity index (χ1n) is 10.3. The second-order valence-corrected chi connectivity index (χ2v) is 8.86. The van der Waals surface area contributed by atoms with Crippen LogP contribution in [0.3, 0.4) is 0 Å². The summed E-state index contributed by atoms with van der Waals surface area (Å²) in [6.45, 7) is 0.738. The molecule has 0 saturated carbocycles. The van der Waals surface area contributed by atoms with Gasteiger partial charge in [0, 0.05) is 25.4 Å². The number of benzene rings is 2. The maximum absolute atomic E-state index is 12.7. The zero-order valence-corrected chi connectivity index (χ0v) is 18.6. The molecule has 4 N–H and O–H groups in total. The van der Waals surface area contributed by atoms with Gasteiger partial charge in [0.05, 0.1) is 29.2 Å². The molecule has 1 amide bonds. The Bertz CT molecular complexity index is 1150. The highest BCUT2D eigenvalue weighted by molar-refractivity contribution is 7.19. The Morgan fingerprint density at radius 2 is 2.00 bits per heavy atom. The lowest BCUT2D eigenvalue weighted by atomic mass is 10.0. The van der Waals surface area contributed by atoms with Crippen molar-refractivity contribution in [3.05, 3.63) is 64.8 Å². The van der Waals surface area contributed by atoms with E-state index >= 15 is 0 Å². The first kappa shape index (κ1) is 23.2. The number of nitrogens with zero attached hydrogens (tertiary/aromatic N) is 1. The first-order valence-corrected chi connectivity index (χ1v) is 11.1. The van der Waals surface area contributed by atoms with Gasteiger partial charge in [0.2, 0.25) is 5.91 Å². The standard InChI is InChI=1S/C23H23F3N4O2S/c1-32-12-19-21(14-4-7-18-15(9-14)10-20(31)29-18)33-22(30-19)28-11-17(27)8-13-2-5-16(6-3-13)23(24,25)26/h2-7,9,17H,8,10-12,27H2,1H3,(H,28,30)(H,29,31)/t17-/m1/s1. The Morgan fingerprint density at radius 3 is 2.70 bits per heavy atom. The van der Waals surface area contributed by atoms with Gasteiger partial charge < -0.3 is 21.1 Å². The van der Waals surface area contributed by atoms with E-state index in [0.29, 0.717) is 31.1 Å². The molecule has 0 aliphatic carbocycles. The van der Waals surface area contributed by atoms with Gasteiger partial charge in [-0.1, -0.05) is 29.5 Å². The van der Waals surface area contributed by atoms with Crippen LogP contribution in [-0.4, -0.2) is 30.6 Å². The molecule has 1 aromatic heterocycles. The molecule has 1 atom stereocenters. The highest BCUT2D eigenvalue weighted by Gasteiger charge is 2.30. The lowest BCUT2D eigenvalue weighted by Gasteiger charge is -2.13. The molecular formula is C23H23F3N4O2S. The van der Waals surface area contributed by atoms with E-state index in [9.17, 15) is 18.0 Å². The van der Waals surface area contributed by atoms with Crippen LogP contribution in [0.1, 0.15) is 22.4 Å². The monoisotopic (exact) mass is 476 g/mol. The molecule has 2 aromatic carbocycles. The van der Waals surface area contributed by atoms with Crippen LogP contribution in [0.4, 0.5) is 24.0 Å². The second kappa shape index (κ2) is 9.50. The number of carbonyl (C=O) groups is 1. The predicted molar refractivity (Wildman–Crippen MR) is 122 cm³/mol. The molecule has 0 bridgehead atoms. The maximum Gasteiger partial charge on any atom is 0.416 e. The molecule has 0 spiro atoms. The number of alkyl halides is 3. The number of methoxy groups -OCH3 is 1. The van der Waals surface area contributed by atoms with Crippen molar-refractivity contribution in [2.45, 2.75) is 31.7 Å². The summed E-state index contributed by atoms with van der Waals surface area (Å²) in [4.78, 5) is 17.2. The van der Waals surface area contributed by atoms with Gasteiger partial charge in [-0.15, -0.1) is 0 Å². The Balaban J connectivity index is 1.42. The predicted octanol–water partition coefficient (Wildman–Crippen LogP) is 4.45. The third-order valence-corrected chi connectivity index (χ3v) is 6.37. The third-order valence-electron chi connectivity index (χ3n) is 5.27. The summed E-state index contributed by atoms with van der Waals surface area (Å²) in [6, 6.07) is 10.6. The molecule has 10 heteroatoms. The molecule has 1 aliphatic heterocycles. The molecule has 0 unspecified atom stereocenters. The number of ether oxygens (including phenoxy) is 1. The van der Waals surface area contributed by atoms with E-state index in [0.717, 1.165) is 45.1 Å². The molecular weight excluding hydrogens is 453 g/mol. The van der Waals surface area contributed by atoms with E-state index in [1.807, 2.05) is 18.2 Å². The van der Waals surface area contributed by atoms with Gasteiger partial charge >= 0.3 is 6.18 Å². The van der Waals surface area contributed by atoms with E-state index in [4.69, 9.17) is 10.5 Å². The molecule has 2 heterocycles.